The first-order valence-corrected chi connectivity index (χ1v) is 7.80. The van der Waals surface area contributed by atoms with E-state index >= 15 is 0 Å². The van der Waals surface area contributed by atoms with Gasteiger partial charge in [-0.2, -0.15) is 4.98 Å². The molecule has 0 N–H and O–H groups in total. The maximum absolute atomic E-state index is 5.90. The SMILES string of the molecule is COc1ccc2nc(CCCl)n(-c3ccc(Br)cc3)c2n1. The third-order valence-electron chi connectivity index (χ3n) is 3.16. The lowest BCUT2D eigenvalue weighted by Gasteiger charge is -2.08. The van der Waals surface area contributed by atoms with Crippen molar-refractivity contribution in [2.75, 3.05) is 13.0 Å². The Labute approximate surface area is 135 Å². The molecule has 0 spiro atoms. The number of nitrogens with zero attached hydrogens (tertiary/aromatic N) is 3. The van der Waals surface area contributed by atoms with E-state index in [1.807, 2.05) is 41.0 Å². The lowest BCUT2D eigenvalue weighted by molar-refractivity contribution is 0.399. The Kier molecular flexibility index (Phi) is 4.12. The van der Waals surface area contributed by atoms with Crippen LogP contribution in [0.2, 0.25) is 0 Å². The highest BCUT2D eigenvalue weighted by Crippen LogP contribution is 2.24. The third-order valence-corrected chi connectivity index (χ3v) is 3.88. The molecular formula is C15H13BrClN3O. The van der Waals surface area contributed by atoms with Crippen molar-refractivity contribution in [3.05, 3.63) is 46.7 Å². The molecular weight excluding hydrogens is 354 g/mol. The predicted octanol–water partition coefficient (Wildman–Crippen LogP) is 3.97. The van der Waals surface area contributed by atoms with Crippen molar-refractivity contribution >= 4 is 38.7 Å². The topological polar surface area (TPSA) is 39.9 Å². The highest BCUT2D eigenvalue weighted by atomic mass is 79.9. The summed E-state index contributed by atoms with van der Waals surface area (Å²) in [4.78, 5) is 9.14. The molecule has 0 saturated heterocycles. The molecule has 0 radical (unpaired) electrons. The lowest BCUT2D eigenvalue weighted by atomic mass is 10.3. The summed E-state index contributed by atoms with van der Waals surface area (Å²) >= 11 is 9.35. The zero-order valence-corrected chi connectivity index (χ0v) is 13.7. The van der Waals surface area contributed by atoms with Crippen LogP contribution in [0.25, 0.3) is 16.9 Å². The van der Waals surface area contributed by atoms with Crippen LogP contribution in [0.15, 0.2) is 40.9 Å². The first-order valence-electron chi connectivity index (χ1n) is 6.47. The maximum Gasteiger partial charge on any atom is 0.215 e. The zero-order valence-electron chi connectivity index (χ0n) is 11.4. The summed E-state index contributed by atoms with van der Waals surface area (Å²) in [7, 11) is 1.61. The fourth-order valence-corrected chi connectivity index (χ4v) is 2.65. The number of fused-ring (bicyclic) bond motifs is 1. The van der Waals surface area contributed by atoms with Gasteiger partial charge in [-0.25, -0.2) is 4.98 Å². The molecule has 0 amide bonds. The average molecular weight is 367 g/mol. The largest absolute Gasteiger partial charge is 0.481 e. The summed E-state index contributed by atoms with van der Waals surface area (Å²) in [5.74, 6) is 1.97. The summed E-state index contributed by atoms with van der Waals surface area (Å²) in [6.07, 6.45) is 0.677. The molecule has 0 fully saturated rings. The molecule has 0 bridgehead atoms. The molecule has 0 atom stereocenters. The molecule has 1 aromatic carbocycles. The van der Waals surface area contributed by atoms with Crippen molar-refractivity contribution in [1.29, 1.82) is 0 Å². The Balaban J connectivity index is 2.25. The number of benzene rings is 1. The van der Waals surface area contributed by atoms with E-state index in [1.165, 1.54) is 0 Å². The van der Waals surface area contributed by atoms with Crippen LogP contribution in [-0.2, 0) is 6.42 Å². The van der Waals surface area contributed by atoms with Gasteiger partial charge in [-0.15, -0.1) is 11.6 Å². The molecule has 0 aliphatic heterocycles. The van der Waals surface area contributed by atoms with Crippen LogP contribution >= 0.6 is 27.5 Å². The minimum absolute atomic E-state index is 0.511. The van der Waals surface area contributed by atoms with Gasteiger partial charge in [0, 0.05) is 28.5 Å². The minimum Gasteiger partial charge on any atom is -0.481 e. The molecule has 0 aliphatic carbocycles. The van der Waals surface area contributed by atoms with Gasteiger partial charge in [-0.05, 0) is 30.3 Å². The van der Waals surface area contributed by atoms with Gasteiger partial charge in [0.1, 0.15) is 11.3 Å². The fourth-order valence-electron chi connectivity index (χ4n) is 2.21. The number of halogens is 2. The molecule has 108 valence electrons. The van der Waals surface area contributed by atoms with E-state index < -0.39 is 0 Å². The van der Waals surface area contributed by atoms with Gasteiger partial charge in [0.2, 0.25) is 5.88 Å². The standard InChI is InChI=1S/C15H13BrClN3O/c1-21-14-7-6-12-15(19-14)20(13(18-12)8-9-17)11-4-2-10(16)3-5-11/h2-7H,8-9H2,1H3. The quantitative estimate of drug-likeness (QED) is 0.656. The smallest absolute Gasteiger partial charge is 0.215 e. The number of hydrogen-bond acceptors (Lipinski definition) is 3. The van der Waals surface area contributed by atoms with Crippen LogP contribution in [0.5, 0.6) is 5.88 Å². The van der Waals surface area contributed by atoms with Crippen LogP contribution < -0.4 is 4.74 Å². The number of aromatic nitrogens is 3. The Bertz CT molecular complexity index is 770. The van der Waals surface area contributed by atoms with Crippen LogP contribution in [0.4, 0.5) is 0 Å². The molecule has 3 aromatic rings. The summed E-state index contributed by atoms with van der Waals surface area (Å²) in [5.41, 5.74) is 2.61. The average Bonchev–Trinajstić information content (AvgIpc) is 2.85. The molecule has 3 rings (SSSR count). The van der Waals surface area contributed by atoms with Gasteiger partial charge in [-0.1, -0.05) is 15.9 Å². The summed E-state index contributed by atoms with van der Waals surface area (Å²) in [6.45, 7) is 0. The number of ether oxygens (including phenoxy) is 1. The van der Waals surface area contributed by atoms with E-state index in [-0.39, 0.29) is 0 Å². The zero-order chi connectivity index (χ0) is 14.8. The molecule has 0 saturated carbocycles. The van der Waals surface area contributed by atoms with Crippen LogP contribution in [0.1, 0.15) is 5.82 Å². The Morgan fingerprint density at radius 1 is 1.14 bits per heavy atom. The van der Waals surface area contributed by atoms with Crippen molar-refractivity contribution in [3.8, 4) is 11.6 Å². The molecule has 0 unspecified atom stereocenters. The maximum atomic E-state index is 5.90. The van der Waals surface area contributed by atoms with Crippen molar-refractivity contribution in [2.24, 2.45) is 0 Å². The van der Waals surface area contributed by atoms with Crippen LogP contribution in [-0.4, -0.2) is 27.5 Å². The number of methoxy groups -OCH3 is 1. The van der Waals surface area contributed by atoms with E-state index in [0.717, 1.165) is 27.1 Å². The van der Waals surface area contributed by atoms with Gasteiger partial charge >= 0.3 is 0 Å². The van der Waals surface area contributed by atoms with Crippen LogP contribution in [0.3, 0.4) is 0 Å². The van der Waals surface area contributed by atoms with E-state index in [0.29, 0.717) is 18.2 Å². The van der Waals surface area contributed by atoms with Gasteiger partial charge in [0.15, 0.2) is 5.65 Å². The Morgan fingerprint density at radius 3 is 2.57 bits per heavy atom. The Hall–Kier alpha value is -1.59. The van der Waals surface area contributed by atoms with Crippen molar-refractivity contribution in [2.45, 2.75) is 6.42 Å². The van der Waals surface area contributed by atoms with Crippen molar-refractivity contribution in [3.63, 3.8) is 0 Å². The summed E-state index contributed by atoms with van der Waals surface area (Å²) in [5, 5.41) is 0. The summed E-state index contributed by atoms with van der Waals surface area (Å²) < 4.78 is 8.26. The Morgan fingerprint density at radius 2 is 1.90 bits per heavy atom. The molecule has 2 aromatic heterocycles. The van der Waals surface area contributed by atoms with Gasteiger partial charge in [0.05, 0.1) is 7.11 Å². The molecule has 2 heterocycles. The molecule has 4 nitrogen and oxygen atoms in total. The first kappa shape index (κ1) is 14.4. The number of pyridine rings is 1. The van der Waals surface area contributed by atoms with Crippen LogP contribution in [0, 0.1) is 0 Å². The predicted molar refractivity (Wildman–Crippen MR) is 87.5 cm³/mol. The molecule has 0 aliphatic rings. The van der Waals surface area contributed by atoms with E-state index in [1.54, 1.807) is 7.11 Å². The highest BCUT2D eigenvalue weighted by molar-refractivity contribution is 9.10. The normalized spacial score (nSPS) is 11.0. The summed E-state index contributed by atoms with van der Waals surface area (Å²) in [6, 6.07) is 11.7. The second-order valence-electron chi connectivity index (χ2n) is 4.48. The second kappa shape index (κ2) is 6.03. The monoisotopic (exact) mass is 365 g/mol. The van der Waals surface area contributed by atoms with E-state index in [9.17, 15) is 0 Å². The molecule has 6 heteroatoms. The minimum atomic E-state index is 0.511. The first-order chi connectivity index (χ1) is 10.2. The van der Waals surface area contributed by atoms with E-state index in [2.05, 4.69) is 25.9 Å². The second-order valence-corrected chi connectivity index (χ2v) is 5.77. The number of hydrogen-bond donors (Lipinski definition) is 0. The number of alkyl halides is 1. The van der Waals surface area contributed by atoms with E-state index in [4.69, 9.17) is 16.3 Å². The van der Waals surface area contributed by atoms with Gasteiger partial charge in [-0.3, -0.25) is 4.57 Å². The molecule has 21 heavy (non-hydrogen) atoms. The highest BCUT2D eigenvalue weighted by Gasteiger charge is 2.14. The number of rotatable bonds is 4. The van der Waals surface area contributed by atoms with Gasteiger partial charge < -0.3 is 4.74 Å². The third kappa shape index (κ3) is 2.76. The fraction of sp³-hybridized carbons (Fsp3) is 0.200. The van der Waals surface area contributed by atoms with Crippen molar-refractivity contribution < 1.29 is 4.74 Å². The van der Waals surface area contributed by atoms with Crippen molar-refractivity contribution in [1.82, 2.24) is 14.5 Å². The van der Waals surface area contributed by atoms with Gasteiger partial charge in [0.25, 0.3) is 0 Å². The number of aryl methyl sites for hydroxylation is 1. The number of imidazole rings is 1. The lowest BCUT2D eigenvalue weighted by Crippen LogP contribution is -2.03.